The van der Waals surface area contributed by atoms with Crippen LogP contribution < -0.4 is 16.0 Å². The molecule has 1 heterocycles. The van der Waals surface area contributed by atoms with Crippen molar-refractivity contribution in [2.45, 2.75) is 72.0 Å². The maximum atomic E-state index is 13.1. The first-order valence-electron chi connectivity index (χ1n) is 11.5. The summed E-state index contributed by atoms with van der Waals surface area (Å²) >= 11 is 0. The van der Waals surface area contributed by atoms with Crippen LogP contribution >= 0.6 is 0 Å². The Hall–Kier alpha value is -3.16. The number of carbonyl (C=O) groups is 4. The summed E-state index contributed by atoms with van der Waals surface area (Å²) in [5, 5.41) is 9.23. The summed E-state index contributed by atoms with van der Waals surface area (Å²) in [6.07, 6.45) is 3.75. The highest BCUT2D eigenvalue weighted by atomic mass is 16.2. The van der Waals surface area contributed by atoms with E-state index < -0.39 is 29.9 Å². The van der Waals surface area contributed by atoms with Gasteiger partial charge in [-0.05, 0) is 36.3 Å². The zero-order valence-corrected chi connectivity index (χ0v) is 20.1. The maximum absolute atomic E-state index is 13.1. The van der Waals surface area contributed by atoms with Crippen molar-refractivity contribution in [2.24, 2.45) is 11.8 Å². The van der Waals surface area contributed by atoms with Crippen LogP contribution in [0.4, 0.5) is 0 Å². The second-order valence-corrected chi connectivity index (χ2v) is 9.39. The molecular formula is C25H36N4O4. The molecule has 2 aromatic rings. The number of hydrogen-bond acceptors (Lipinski definition) is 4. The van der Waals surface area contributed by atoms with Crippen LogP contribution in [0, 0.1) is 11.8 Å². The van der Waals surface area contributed by atoms with E-state index in [1.165, 1.54) is 6.92 Å². The molecule has 2 rings (SSSR count). The fourth-order valence-electron chi connectivity index (χ4n) is 3.88. The lowest BCUT2D eigenvalue weighted by atomic mass is 9.99. The van der Waals surface area contributed by atoms with E-state index in [1.54, 1.807) is 0 Å². The Bertz CT molecular complexity index is 966. The molecule has 8 nitrogen and oxygen atoms in total. The van der Waals surface area contributed by atoms with Gasteiger partial charge in [0, 0.05) is 30.4 Å². The number of fused-ring (bicyclic) bond motifs is 1. The van der Waals surface area contributed by atoms with Crippen LogP contribution in [0.5, 0.6) is 0 Å². The summed E-state index contributed by atoms with van der Waals surface area (Å²) < 4.78 is 0. The van der Waals surface area contributed by atoms with Gasteiger partial charge in [-0.3, -0.25) is 14.4 Å². The third-order valence-corrected chi connectivity index (χ3v) is 5.35. The first-order chi connectivity index (χ1) is 15.6. The van der Waals surface area contributed by atoms with E-state index in [2.05, 4.69) is 20.9 Å². The molecule has 0 saturated heterocycles. The number of hydrogen-bond donors (Lipinski definition) is 4. The first kappa shape index (κ1) is 26.1. The summed E-state index contributed by atoms with van der Waals surface area (Å²) in [6, 6.07) is 5.49. The standard InChI is InChI=1S/C25H36N4O4/c1-15(2)10-22(27-17(5)31)25(33)29-23(11-16(3)4)24(32)28-19(14-30)12-18-13-26-21-9-7-6-8-20(18)21/h6-9,13-16,19,22-23,26H,10-12H2,1-5H3,(H,27,31)(H,28,32)(H,29,33)/t19-,22-,23-/m0/s1. The summed E-state index contributed by atoms with van der Waals surface area (Å²) in [4.78, 5) is 52.4. The highest BCUT2D eigenvalue weighted by molar-refractivity contribution is 5.92. The van der Waals surface area contributed by atoms with Crippen molar-refractivity contribution in [3.63, 3.8) is 0 Å². The van der Waals surface area contributed by atoms with E-state index in [4.69, 9.17) is 0 Å². The van der Waals surface area contributed by atoms with Crippen molar-refractivity contribution in [1.82, 2.24) is 20.9 Å². The summed E-state index contributed by atoms with van der Waals surface area (Å²) in [7, 11) is 0. The van der Waals surface area contributed by atoms with Gasteiger partial charge >= 0.3 is 0 Å². The van der Waals surface area contributed by atoms with E-state index >= 15 is 0 Å². The number of para-hydroxylation sites is 1. The fraction of sp³-hybridized carbons (Fsp3) is 0.520. The molecule has 3 atom stereocenters. The highest BCUT2D eigenvalue weighted by Crippen LogP contribution is 2.19. The van der Waals surface area contributed by atoms with Crippen LogP contribution in [0.15, 0.2) is 30.5 Å². The van der Waals surface area contributed by atoms with Gasteiger partial charge in [0.15, 0.2) is 0 Å². The van der Waals surface area contributed by atoms with Gasteiger partial charge in [-0.15, -0.1) is 0 Å². The van der Waals surface area contributed by atoms with Crippen LogP contribution in [-0.2, 0) is 25.6 Å². The van der Waals surface area contributed by atoms with Crippen molar-refractivity contribution in [1.29, 1.82) is 0 Å². The minimum atomic E-state index is -0.814. The minimum absolute atomic E-state index is 0.133. The fourth-order valence-corrected chi connectivity index (χ4v) is 3.88. The molecule has 1 aromatic heterocycles. The number of amides is 3. The lowest BCUT2D eigenvalue weighted by Crippen LogP contribution is -2.55. The molecule has 180 valence electrons. The number of aldehydes is 1. The number of H-pyrrole nitrogens is 1. The molecule has 3 amide bonds. The molecule has 8 heteroatoms. The number of aromatic nitrogens is 1. The molecule has 0 aliphatic heterocycles. The smallest absolute Gasteiger partial charge is 0.243 e. The van der Waals surface area contributed by atoms with Gasteiger partial charge in [0.2, 0.25) is 17.7 Å². The second-order valence-electron chi connectivity index (χ2n) is 9.39. The van der Waals surface area contributed by atoms with Crippen molar-refractivity contribution in [3.8, 4) is 0 Å². The molecule has 33 heavy (non-hydrogen) atoms. The van der Waals surface area contributed by atoms with Gasteiger partial charge in [0.25, 0.3) is 0 Å². The van der Waals surface area contributed by atoms with Gasteiger partial charge in [-0.25, -0.2) is 0 Å². The maximum Gasteiger partial charge on any atom is 0.243 e. The van der Waals surface area contributed by atoms with E-state index in [9.17, 15) is 19.2 Å². The Morgan fingerprint density at radius 1 is 0.909 bits per heavy atom. The van der Waals surface area contributed by atoms with Crippen LogP contribution in [0.25, 0.3) is 10.9 Å². The molecule has 0 radical (unpaired) electrons. The second kappa shape index (κ2) is 12.2. The number of nitrogens with one attached hydrogen (secondary N) is 4. The van der Waals surface area contributed by atoms with E-state index in [0.717, 1.165) is 16.5 Å². The monoisotopic (exact) mass is 456 g/mol. The number of carbonyl (C=O) groups excluding carboxylic acids is 4. The molecule has 0 spiro atoms. The lowest BCUT2D eigenvalue weighted by molar-refractivity contribution is -0.132. The molecule has 0 saturated carbocycles. The van der Waals surface area contributed by atoms with Crippen molar-refractivity contribution in [3.05, 3.63) is 36.0 Å². The molecular weight excluding hydrogens is 420 g/mol. The highest BCUT2D eigenvalue weighted by Gasteiger charge is 2.28. The van der Waals surface area contributed by atoms with Crippen molar-refractivity contribution < 1.29 is 19.2 Å². The molecule has 4 N–H and O–H groups in total. The predicted molar refractivity (Wildman–Crippen MR) is 128 cm³/mol. The lowest BCUT2D eigenvalue weighted by Gasteiger charge is -2.25. The predicted octanol–water partition coefficient (Wildman–Crippen LogP) is 2.48. The topological polar surface area (TPSA) is 120 Å². The quantitative estimate of drug-likeness (QED) is 0.367. The Kier molecular flexibility index (Phi) is 9.63. The van der Waals surface area contributed by atoms with Gasteiger partial charge in [0.1, 0.15) is 18.4 Å². The normalized spacial score (nSPS) is 14.0. The van der Waals surface area contributed by atoms with Crippen LogP contribution in [0.2, 0.25) is 0 Å². The third-order valence-electron chi connectivity index (χ3n) is 5.35. The average molecular weight is 457 g/mol. The third kappa shape index (κ3) is 8.04. The molecule has 0 aliphatic carbocycles. The Morgan fingerprint density at radius 3 is 2.06 bits per heavy atom. The Labute approximate surface area is 195 Å². The molecule has 0 aliphatic rings. The molecule has 0 bridgehead atoms. The van der Waals surface area contributed by atoms with Crippen molar-refractivity contribution >= 4 is 34.9 Å². The molecule has 1 aromatic carbocycles. The Morgan fingerprint density at radius 2 is 1.48 bits per heavy atom. The number of rotatable bonds is 12. The molecule has 0 fully saturated rings. The van der Waals surface area contributed by atoms with Gasteiger partial charge in [-0.2, -0.15) is 0 Å². The number of benzene rings is 1. The van der Waals surface area contributed by atoms with Crippen LogP contribution in [-0.4, -0.2) is 47.1 Å². The average Bonchev–Trinajstić information content (AvgIpc) is 3.14. The van der Waals surface area contributed by atoms with Gasteiger partial charge in [0.05, 0.1) is 6.04 Å². The van der Waals surface area contributed by atoms with E-state index in [-0.39, 0.29) is 17.7 Å². The zero-order valence-electron chi connectivity index (χ0n) is 20.1. The van der Waals surface area contributed by atoms with Gasteiger partial charge < -0.3 is 25.7 Å². The Balaban J connectivity index is 2.11. The molecule has 0 unspecified atom stereocenters. The van der Waals surface area contributed by atoms with E-state index in [1.807, 2.05) is 58.2 Å². The zero-order chi connectivity index (χ0) is 24.5. The largest absolute Gasteiger partial charge is 0.361 e. The van der Waals surface area contributed by atoms with Crippen LogP contribution in [0.3, 0.4) is 0 Å². The first-order valence-corrected chi connectivity index (χ1v) is 11.5. The van der Waals surface area contributed by atoms with Crippen LogP contribution in [0.1, 0.15) is 53.0 Å². The van der Waals surface area contributed by atoms with E-state index in [0.29, 0.717) is 25.5 Å². The summed E-state index contributed by atoms with van der Waals surface area (Å²) in [5.41, 5.74) is 1.89. The summed E-state index contributed by atoms with van der Waals surface area (Å²) in [6.45, 7) is 9.18. The minimum Gasteiger partial charge on any atom is -0.361 e. The number of aromatic amines is 1. The SMILES string of the molecule is CC(=O)N[C@@H](CC(C)C)C(=O)N[C@@H](CC(C)C)C(=O)N[C@H](C=O)Cc1c[nH]c2ccccc12. The van der Waals surface area contributed by atoms with Gasteiger partial charge in [-0.1, -0.05) is 45.9 Å². The van der Waals surface area contributed by atoms with Crippen molar-refractivity contribution in [2.75, 3.05) is 0 Å². The summed E-state index contributed by atoms with van der Waals surface area (Å²) in [5.74, 6) is -0.811.